The Morgan fingerprint density at radius 3 is 1.96 bits per heavy atom. The number of benzene rings is 3. The van der Waals surface area contributed by atoms with Crippen molar-refractivity contribution in [2.45, 2.75) is 12.0 Å². The number of nitrogens with one attached hydrogen (secondary N) is 1. The minimum absolute atomic E-state index is 0.0712. The molecule has 1 aliphatic carbocycles. The van der Waals surface area contributed by atoms with Crippen LogP contribution in [0.4, 0.5) is 4.79 Å². The Bertz CT molecular complexity index is 970. The normalized spacial score (nSPS) is 13.3. The molecule has 1 atom stereocenters. The molecule has 3 aromatic carbocycles. The van der Waals surface area contributed by atoms with Crippen molar-refractivity contribution in [3.05, 3.63) is 95.6 Å². The van der Waals surface area contributed by atoms with Gasteiger partial charge in [-0.3, -0.25) is 0 Å². The Morgan fingerprint density at radius 1 is 0.857 bits per heavy atom. The van der Waals surface area contributed by atoms with E-state index in [1.807, 2.05) is 36.4 Å². The summed E-state index contributed by atoms with van der Waals surface area (Å²) in [6, 6.07) is 23.5. The van der Waals surface area contributed by atoms with E-state index in [1.54, 1.807) is 30.3 Å². The Hall–Kier alpha value is -3.60. The molecule has 140 valence electrons. The van der Waals surface area contributed by atoms with Gasteiger partial charge in [0.2, 0.25) is 0 Å². The van der Waals surface area contributed by atoms with Crippen LogP contribution in [0.5, 0.6) is 0 Å². The van der Waals surface area contributed by atoms with Crippen molar-refractivity contribution in [3.63, 3.8) is 0 Å². The average molecular weight is 373 g/mol. The third-order valence-electron chi connectivity index (χ3n) is 4.99. The molecule has 0 saturated carbocycles. The summed E-state index contributed by atoms with van der Waals surface area (Å²) in [5.74, 6) is -1.21. The second kappa shape index (κ2) is 7.56. The fraction of sp³-hybridized carbons (Fsp3) is 0.130. The smallest absolute Gasteiger partial charge is 0.408 e. The highest BCUT2D eigenvalue weighted by Crippen LogP contribution is 2.44. The number of carboxylic acids is 1. The van der Waals surface area contributed by atoms with Crippen molar-refractivity contribution < 1.29 is 19.4 Å². The highest BCUT2D eigenvalue weighted by atomic mass is 16.5. The highest BCUT2D eigenvalue weighted by Gasteiger charge is 2.30. The van der Waals surface area contributed by atoms with Crippen LogP contribution in [-0.2, 0) is 9.53 Å². The molecule has 0 aromatic heterocycles. The van der Waals surface area contributed by atoms with E-state index in [-0.39, 0.29) is 12.5 Å². The van der Waals surface area contributed by atoms with Crippen LogP contribution in [0.2, 0.25) is 0 Å². The van der Waals surface area contributed by atoms with Gasteiger partial charge < -0.3 is 15.2 Å². The van der Waals surface area contributed by atoms with Gasteiger partial charge in [-0.25, -0.2) is 9.59 Å². The standard InChI is InChI=1S/C23H19NO4/c25-22(26)21(15-8-2-1-3-9-15)24-23(27)28-14-20-18-12-6-4-10-16(18)17-11-5-7-13-19(17)20/h1-13,20-21H,14H2,(H,24,27)(H,25,26). The average Bonchev–Trinajstić information content (AvgIpc) is 3.05. The van der Waals surface area contributed by atoms with Crippen LogP contribution in [-0.4, -0.2) is 23.8 Å². The number of amides is 1. The van der Waals surface area contributed by atoms with Crippen LogP contribution >= 0.6 is 0 Å². The number of hydrogen-bond donors (Lipinski definition) is 2. The van der Waals surface area contributed by atoms with Crippen LogP contribution in [0.3, 0.4) is 0 Å². The first kappa shape index (κ1) is 17.8. The second-order valence-electron chi connectivity index (χ2n) is 6.65. The molecule has 5 heteroatoms. The van der Waals surface area contributed by atoms with E-state index in [2.05, 4.69) is 17.4 Å². The van der Waals surface area contributed by atoms with E-state index in [4.69, 9.17) is 4.74 Å². The molecule has 0 spiro atoms. The first-order chi connectivity index (χ1) is 13.6. The summed E-state index contributed by atoms with van der Waals surface area (Å²) in [4.78, 5) is 23.9. The number of aliphatic carboxylic acids is 1. The number of rotatable bonds is 5. The maximum atomic E-state index is 12.3. The number of hydrogen-bond acceptors (Lipinski definition) is 3. The van der Waals surface area contributed by atoms with E-state index in [0.29, 0.717) is 5.56 Å². The second-order valence-corrected chi connectivity index (χ2v) is 6.65. The third-order valence-corrected chi connectivity index (χ3v) is 4.99. The van der Waals surface area contributed by atoms with E-state index in [0.717, 1.165) is 22.3 Å². The van der Waals surface area contributed by atoms with E-state index < -0.39 is 18.1 Å². The summed E-state index contributed by atoms with van der Waals surface area (Å²) in [6.07, 6.45) is -0.752. The van der Waals surface area contributed by atoms with Gasteiger partial charge in [-0.15, -0.1) is 0 Å². The van der Waals surface area contributed by atoms with Crippen molar-refractivity contribution in [1.29, 1.82) is 0 Å². The maximum Gasteiger partial charge on any atom is 0.408 e. The van der Waals surface area contributed by atoms with Crippen molar-refractivity contribution in [2.75, 3.05) is 6.61 Å². The molecule has 1 amide bonds. The molecular formula is C23H19NO4. The van der Waals surface area contributed by atoms with Gasteiger partial charge in [0.05, 0.1) is 0 Å². The monoisotopic (exact) mass is 373 g/mol. The van der Waals surface area contributed by atoms with Gasteiger partial charge >= 0.3 is 12.1 Å². The number of fused-ring (bicyclic) bond motifs is 3. The number of ether oxygens (including phenoxy) is 1. The first-order valence-electron chi connectivity index (χ1n) is 9.04. The molecule has 1 aliphatic rings. The minimum Gasteiger partial charge on any atom is -0.479 e. The zero-order valence-electron chi connectivity index (χ0n) is 15.0. The molecule has 4 rings (SSSR count). The summed E-state index contributed by atoms with van der Waals surface area (Å²) in [7, 11) is 0. The van der Waals surface area contributed by atoms with Crippen LogP contribution in [0.25, 0.3) is 11.1 Å². The number of carboxylic acid groups (broad SMARTS) is 1. The van der Waals surface area contributed by atoms with Gasteiger partial charge in [-0.1, -0.05) is 78.9 Å². The molecular weight excluding hydrogens is 354 g/mol. The van der Waals surface area contributed by atoms with Gasteiger partial charge in [0.25, 0.3) is 0 Å². The van der Waals surface area contributed by atoms with Gasteiger partial charge in [0.1, 0.15) is 6.61 Å². The molecule has 0 heterocycles. The molecule has 5 nitrogen and oxygen atoms in total. The Kier molecular flexibility index (Phi) is 4.81. The third kappa shape index (κ3) is 3.34. The first-order valence-corrected chi connectivity index (χ1v) is 9.04. The van der Waals surface area contributed by atoms with E-state index in [1.165, 1.54) is 0 Å². The molecule has 3 aromatic rings. The Labute approximate surface area is 162 Å². The zero-order chi connectivity index (χ0) is 19.5. The lowest BCUT2D eigenvalue weighted by atomic mass is 9.98. The molecule has 0 aliphatic heterocycles. The summed E-state index contributed by atoms with van der Waals surface area (Å²) in [5, 5.41) is 11.9. The lowest BCUT2D eigenvalue weighted by Crippen LogP contribution is -2.34. The SMILES string of the molecule is O=C(NC(C(=O)O)c1ccccc1)OCC1c2ccccc2-c2ccccc21. The number of carbonyl (C=O) groups is 2. The van der Waals surface area contributed by atoms with Gasteiger partial charge in [-0.2, -0.15) is 0 Å². The van der Waals surface area contributed by atoms with Crippen LogP contribution in [0, 0.1) is 0 Å². The zero-order valence-corrected chi connectivity index (χ0v) is 15.0. The lowest BCUT2D eigenvalue weighted by Gasteiger charge is -2.17. The summed E-state index contributed by atoms with van der Waals surface area (Å²) < 4.78 is 5.43. The minimum atomic E-state index is -1.16. The predicted molar refractivity (Wildman–Crippen MR) is 105 cm³/mol. The molecule has 1 unspecified atom stereocenters. The molecule has 0 saturated heterocycles. The van der Waals surface area contributed by atoms with Crippen LogP contribution < -0.4 is 5.32 Å². The van der Waals surface area contributed by atoms with Gasteiger partial charge in [0, 0.05) is 5.92 Å². The van der Waals surface area contributed by atoms with E-state index in [9.17, 15) is 14.7 Å². The van der Waals surface area contributed by atoms with Crippen molar-refractivity contribution in [1.82, 2.24) is 5.32 Å². The molecule has 0 fully saturated rings. The van der Waals surface area contributed by atoms with Crippen molar-refractivity contribution >= 4 is 12.1 Å². The van der Waals surface area contributed by atoms with E-state index >= 15 is 0 Å². The molecule has 0 radical (unpaired) electrons. The van der Waals surface area contributed by atoms with Crippen molar-refractivity contribution in [2.24, 2.45) is 0 Å². The molecule has 2 N–H and O–H groups in total. The molecule has 0 bridgehead atoms. The summed E-state index contributed by atoms with van der Waals surface area (Å²) in [5.41, 5.74) is 4.98. The largest absolute Gasteiger partial charge is 0.479 e. The van der Waals surface area contributed by atoms with Crippen molar-refractivity contribution in [3.8, 4) is 11.1 Å². The predicted octanol–water partition coefficient (Wildman–Crippen LogP) is 4.35. The Morgan fingerprint density at radius 2 is 1.39 bits per heavy atom. The number of carbonyl (C=O) groups excluding carboxylic acids is 1. The number of alkyl carbamates (subject to hydrolysis) is 1. The quantitative estimate of drug-likeness (QED) is 0.697. The molecule has 28 heavy (non-hydrogen) atoms. The summed E-state index contributed by atoms with van der Waals surface area (Å²) in [6.45, 7) is 0.140. The summed E-state index contributed by atoms with van der Waals surface area (Å²) >= 11 is 0. The highest BCUT2D eigenvalue weighted by molar-refractivity contribution is 5.82. The maximum absolute atomic E-state index is 12.3. The van der Waals surface area contributed by atoms with Gasteiger partial charge in [-0.05, 0) is 27.8 Å². The van der Waals surface area contributed by atoms with Crippen LogP contribution in [0.1, 0.15) is 28.7 Å². The topological polar surface area (TPSA) is 75.6 Å². The Balaban J connectivity index is 1.49. The van der Waals surface area contributed by atoms with Gasteiger partial charge in [0.15, 0.2) is 6.04 Å². The fourth-order valence-corrected chi connectivity index (χ4v) is 3.69. The lowest BCUT2D eigenvalue weighted by molar-refractivity contribution is -0.139. The van der Waals surface area contributed by atoms with Crippen LogP contribution in [0.15, 0.2) is 78.9 Å². The fourth-order valence-electron chi connectivity index (χ4n) is 3.69.